The van der Waals surface area contributed by atoms with E-state index in [1.54, 1.807) is 0 Å². The van der Waals surface area contributed by atoms with Gasteiger partial charge in [0.1, 0.15) is 0 Å². The minimum absolute atomic E-state index is 0.723. The summed E-state index contributed by atoms with van der Waals surface area (Å²) in [6.45, 7) is 2.77. The Morgan fingerprint density at radius 2 is 2.05 bits per heavy atom. The van der Waals surface area contributed by atoms with E-state index in [0.717, 1.165) is 53.3 Å². The predicted octanol–water partition coefficient (Wildman–Crippen LogP) is 4.47. The highest BCUT2D eigenvalue weighted by Crippen LogP contribution is 2.32. The summed E-state index contributed by atoms with van der Waals surface area (Å²) in [4.78, 5) is 8.07. The number of aryl methyl sites for hydroxylation is 2. The van der Waals surface area contributed by atoms with Gasteiger partial charge in [-0.3, -0.25) is 4.98 Å². The Hall–Kier alpha value is -1.84. The lowest BCUT2D eigenvalue weighted by Gasteiger charge is -2.05. The number of hydrogen-bond acceptors (Lipinski definition) is 2. The van der Waals surface area contributed by atoms with Crippen LogP contribution in [-0.4, -0.2) is 16.5 Å². The van der Waals surface area contributed by atoms with Gasteiger partial charge in [0.25, 0.3) is 0 Å². The van der Waals surface area contributed by atoms with Crippen LogP contribution in [0.25, 0.3) is 22.3 Å². The van der Waals surface area contributed by atoms with Gasteiger partial charge in [0.05, 0.1) is 11.4 Å². The third-order valence-electron chi connectivity index (χ3n) is 3.92. The molecule has 4 heteroatoms. The second-order valence-corrected chi connectivity index (χ2v) is 6.07. The van der Waals surface area contributed by atoms with Crippen molar-refractivity contribution in [2.24, 2.45) is 5.73 Å². The molecule has 1 aromatic carbocycles. The largest absolute Gasteiger partial charge is 0.353 e. The highest BCUT2D eigenvalue weighted by Gasteiger charge is 2.14. The molecule has 3 rings (SSSR count). The lowest BCUT2D eigenvalue weighted by molar-refractivity contribution is 0.748. The van der Waals surface area contributed by atoms with Gasteiger partial charge in [-0.1, -0.05) is 17.7 Å². The van der Waals surface area contributed by atoms with Crippen LogP contribution in [0.3, 0.4) is 0 Å². The highest BCUT2D eigenvalue weighted by atomic mass is 35.5. The molecule has 3 nitrogen and oxygen atoms in total. The molecule has 0 amide bonds. The number of nitrogens with one attached hydrogen (secondary N) is 1. The standard InChI is InChI=1S/C18H20ClN3/c1-12-5-7-17(21-11-12)18-14(4-2-3-9-20)15-10-13(19)6-8-16(15)22-18/h5-8,10-11,22H,2-4,9,20H2,1H3. The van der Waals surface area contributed by atoms with Gasteiger partial charge in [-0.15, -0.1) is 0 Å². The molecule has 0 saturated heterocycles. The van der Waals surface area contributed by atoms with Gasteiger partial charge >= 0.3 is 0 Å². The van der Waals surface area contributed by atoms with Crippen LogP contribution in [0.4, 0.5) is 0 Å². The van der Waals surface area contributed by atoms with Gasteiger partial charge in [0.2, 0.25) is 0 Å². The van der Waals surface area contributed by atoms with E-state index in [2.05, 4.69) is 22.1 Å². The van der Waals surface area contributed by atoms with Crippen molar-refractivity contribution in [3.63, 3.8) is 0 Å². The number of unbranched alkanes of at least 4 members (excludes halogenated alkanes) is 1. The molecule has 0 saturated carbocycles. The van der Waals surface area contributed by atoms with Gasteiger partial charge in [0, 0.05) is 22.1 Å². The van der Waals surface area contributed by atoms with Crippen molar-refractivity contribution < 1.29 is 0 Å². The summed E-state index contributed by atoms with van der Waals surface area (Å²) in [5.41, 5.74) is 11.2. The maximum absolute atomic E-state index is 6.18. The molecule has 0 fully saturated rings. The number of aromatic nitrogens is 2. The SMILES string of the molecule is Cc1ccc(-c2[nH]c3ccc(Cl)cc3c2CCCCN)nc1. The molecule has 0 spiro atoms. The monoisotopic (exact) mass is 313 g/mol. The number of nitrogens with two attached hydrogens (primary N) is 1. The maximum atomic E-state index is 6.18. The third-order valence-corrected chi connectivity index (χ3v) is 4.15. The topological polar surface area (TPSA) is 54.7 Å². The molecule has 0 aliphatic heterocycles. The summed E-state index contributed by atoms with van der Waals surface area (Å²) in [7, 11) is 0. The van der Waals surface area contributed by atoms with Crippen molar-refractivity contribution in [2.45, 2.75) is 26.2 Å². The summed E-state index contributed by atoms with van der Waals surface area (Å²) in [5.74, 6) is 0. The van der Waals surface area contributed by atoms with Crippen LogP contribution >= 0.6 is 11.6 Å². The molecule has 0 bridgehead atoms. The number of pyridine rings is 1. The van der Waals surface area contributed by atoms with Crippen LogP contribution in [0.15, 0.2) is 36.5 Å². The molecule has 0 aliphatic carbocycles. The first kappa shape index (κ1) is 15.1. The second kappa shape index (κ2) is 6.51. The average molecular weight is 314 g/mol. The molecule has 3 aromatic rings. The van der Waals surface area contributed by atoms with E-state index in [4.69, 9.17) is 17.3 Å². The molecule has 22 heavy (non-hydrogen) atoms. The Bertz CT molecular complexity index is 775. The molecule has 2 heterocycles. The summed E-state index contributed by atoms with van der Waals surface area (Å²) in [6, 6.07) is 10.1. The Morgan fingerprint density at radius 3 is 2.77 bits per heavy atom. The molecule has 2 aromatic heterocycles. The van der Waals surface area contributed by atoms with Crippen LogP contribution in [0.2, 0.25) is 5.02 Å². The van der Waals surface area contributed by atoms with Crippen molar-refractivity contribution in [1.29, 1.82) is 0 Å². The number of hydrogen-bond donors (Lipinski definition) is 2. The van der Waals surface area contributed by atoms with Gasteiger partial charge in [-0.25, -0.2) is 0 Å². The zero-order valence-electron chi connectivity index (χ0n) is 12.7. The van der Waals surface area contributed by atoms with E-state index in [-0.39, 0.29) is 0 Å². The molecule has 3 N–H and O–H groups in total. The maximum Gasteiger partial charge on any atom is 0.0867 e. The van der Waals surface area contributed by atoms with E-state index in [9.17, 15) is 0 Å². The Labute approximate surface area is 135 Å². The van der Waals surface area contributed by atoms with Gasteiger partial charge < -0.3 is 10.7 Å². The minimum Gasteiger partial charge on any atom is -0.353 e. The summed E-state index contributed by atoms with van der Waals surface area (Å²) >= 11 is 6.18. The minimum atomic E-state index is 0.723. The zero-order chi connectivity index (χ0) is 15.5. The summed E-state index contributed by atoms with van der Waals surface area (Å²) in [5, 5.41) is 1.94. The Kier molecular flexibility index (Phi) is 4.46. The predicted molar refractivity (Wildman–Crippen MR) is 93.3 cm³/mol. The van der Waals surface area contributed by atoms with Gasteiger partial charge in [-0.05, 0) is 68.1 Å². The van der Waals surface area contributed by atoms with Crippen LogP contribution in [0, 0.1) is 6.92 Å². The molecule has 0 radical (unpaired) electrons. The van der Waals surface area contributed by atoms with Gasteiger partial charge in [0.15, 0.2) is 0 Å². The van der Waals surface area contributed by atoms with E-state index >= 15 is 0 Å². The first-order valence-corrected chi connectivity index (χ1v) is 8.00. The van der Waals surface area contributed by atoms with Crippen molar-refractivity contribution in [3.05, 3.63) is 52.7 Å². The fraction of sp³-hybridized carbons (Fsp3) is 0.278. The number of aromatic amines is 1. The van der Waals surface area contributed by atoms with E-state index < -0.39 is 0 Å². The highest BCUT2D eigenvalue weighted by molar-refractivity contribution is 6.31. The quantitative estimate of drug-likeness (QED) is 0.683. The van der Waals surface area contributed by atoms with Crippen LogP contribution in [0.1, 0.15) is 24.0 Å². The molecule has 114 valence electrons. The molecule has 0 aliphatic rings. The summed E-state index contributed by atoms with van der Waals surface area (Å²) in [6.07, 6.45) is 4.96. The number of benzene rings is 1. The lowest BCUT2D eigenvalue weighted by Crippen LogP contribution is -1.99. The first-order valence-electron chi connectivity index (χ1n) is 7.62. The van der Waals surface area contributed by atoms with Crippen LogP contribution in [-0.2, 0) is 6.42 Å². The zero-order valence-corrected chi connectivity index (χ0v) is 13.5. The van der Waals surface area contributed by atoms with Crippen molar-refractivity contribution in [1.82, 2.24) is 9.97 Å². The summed E-state index contributed by atoms with van der Waals surface area (Å²) < 4.78 is 0. The Morgan fingerprint density at radius 1 is 1.18 bits per heavy atom. The number of halogens is 1. The third kappa shape index (κ3) is 3.01. The second-order valence-electron chi connectivity index (χ2n) is 5.64. The number of nitrogens with zero attached hydrogens (tertiary/aromatic N) is 1. The van der Waals surface area contributed by atoms with E-state index in [1.807, 2.05) is 31.3 Å². The van der Waals surface area contributed by atoms with Gasteiger partial charge in [-0.2, -0.15) is 0 Å². The molecular formula is C18H20ClN3. The smallest absolute Gasteiger partial charge is 0.0867 e. The fourth-order valence-electron chi connectivity index (χ4n) is 2.76. The lowest BCUT2D eigenvalue weighted by atomic mass is 10.0. The normalized spacial score (nSPS) is 11.2. The number of rotatable bonds is 5. The molecule has 0 atom stereocenters. The van der Waals surface area contributed by atoms with Crippen LogP contribution in [0.5, 0.6) is 0 Å². The first-order chi connectivity index (χ1) is 10.7. The average Bonchev–Trinajstić information content (AvgIpc) is 2.86. The van der Waals surface area contributed by atoms with Crippen molar-refractivity contribution >= 4 is 22.5 Å². The van der Waals surface area contributed by atoms with E-state index in [0.29, 0.717) is 0 Å². The van der Waals surface area contributed by atoms with Crippen LogP contribution < -0.4 is 5.73 Å². The number of fused-ring (bicyclic) bond motifs is 1. The van der Waals surface area contributed by atoms with Crippen molar-refractivity contribution in [3.8, 4) is 11.4 Å². The number of H-pyrrole nitrogens is 1. The fourth-order valence-corrected chi connectivity index (χ4v) is 2.93. The Balaban J connectivity index is 2.10. The van der Waals surface area contributed by atoms with Crippen molar-refractivity contribution in [2.75, 3.05) is 6.54 Å². The molecule has 0 unspecified atom stereocenters. The van der Waals surface area contributed by atoms with E-state index in [1.165, 1.54) is 10.9 Å². The molecular weight excluding hydrogens is 294 g/mol.